The Balaban J connectivity index is 0.000000216. The summed E-state index contributed by atoms with van der Waals surface area (Å²) in [5, 5.41) is 43.5. The number of aromatic nitrogens is 4. The van der Waals surface area contributed by atoms with E-state index in [1.54, 1.807) is 12.5 Å². The molecule has 0 aliphatic heterocycles. The highest BCUT2D eigenvalue weighted by atomic mass is 16.4. The first-order chi connectivity index (χ1) is 10.0. The molecule has 116 valence electrons. The molecule has 0 aliphatic rings. The van der Waals surface area contributed by atoms with Gasteiger partial charge in [0.25, 0.3) is 0 Å². The third-order valence-corrected chi connectivity index (χ3v) is 2.52. The number of rotatable bonds is 5. The van der Waals surface area contributed by atoms with E-state index in [0.717, 1.165) is 5.52 Å². The molecule has 2 aromatic rings. The predicted octanol–water partition coefficient (Wildman–Crippen LogP) is -3.03. The van der Waals surface area contributed by atoms with Crippen molar-refractivity contribution in [2.24, 2.45) is 0 Å². The zero-order chi connectivity index (χ0) is 15.8. The van der Waals surface area contributed by atoms with Crippen LogP contribution in [0.25, 0.3) is 11.2 Å². The number of carbonyl (C=O) groups is 1. The molecule has 21 heavy (non-hydrogen) atoms. The van der Waals surface area contributed by atoms with Gasteiger partial charge in [-0.2, -0.15) is 0 Å². The minimum Gasteiger partial charge on any atom is -0.394 e. The van der Waals surface area contributed by atoms with Gasteiger partial charge in [-0.1, -0.05) is 0 Å². The molecule has 2 heterocycles. The maximum absolute atomic E-state index is 9.90. The SMILES string of the molecule is O=CC(O)C(O)C(O)C(O)CO.c1ncc2[nH]cnc2n1. The lowest BCUT2D eigenvalue weighted by Crippen LogP contribution is -2.46. The van der Waals surface area contributed by atoms with Gasteiger partial charge in [0, 0.05) is 0 Å². The minimum atomic E-state index is -1.79. The highest BCUT2D eigenvalue weighted by Crippen LogP contribution is 2.03. The maximum atomic E-state index is 9.90. The molecular formula is C11H16N4O6. The van der Waals surface area contributed by atoms with Gasteiger partial charge in [0.2, 0.25) is 0 Å². The van der Waals surface area contributed by atoms with Crippen molar-refractivity contribution in [1.29, 1.82) is 0 Å². The summed E-state index contributed by atoms with van der Waals surface area (Å²) in [7, 11) is 0. The highest BCUT2D eigenvalue weighted by molar-refractivity contribution is 5.67. The van der Waals surface area contributed by atoms with Gasteiger partial charge in [-0.3, -0.25) is 0 Å². The first-order valence-electron chi connectivity index (χ1n) is 5.88. The second-order valence-corrected chi connectivity index (χ2v) is 4.02. The van der Waals surface area contributed by atoms with Crippen LogP contribution >= 0.6 is 0 Å². The van der Waals surface area contributed by atoms with Gasteiger partial charge in [0.1, 0.15) is 36.3 Å². The zero-order valence-electron chi connectivity index (χ0n) is 10.8. The number of aldehydes is 1. The number of aliphatic hydroxyl groups is 5. The van der Waals surface area contributed by atoms with E-state index in [1.807, 2.05) is 0 Å². The average Bonchev–Trinajstić information content (AvgIpc) is 3.01. The normalized spacial score (nSPS) is 16.4. The monoisotopic (exact) mass is 300 g/mol. The number of imidazole rings is 1. The van der Waals surface area contributed by atoms with Crippen LogP contribution in [0.1, 0.15) is 0 Å². The fraction of sp³-hybridized carbons (Fsp3) is 0.455. The van der Waals surface area contributed by atoms with E-state index in [4.69, 9.17) is 25.5 Å². The predicted molar refractivity (Wildman–Crippen MR) is 68.9 cm³/mol. The van der Waals surface area contributed by atoms with Crippen molar-refractivity contribution >= 4 is 17.5 Å². The van der Waals surface area contributed by atoms with Crippen LogP contribution in [0.5, 0.6) is 0 Å². The number of carbonyl (C=O) groups excluding carboxylic acids is 1. The van der Waals surface area contributed by atoms with Crippen LogP contribution in [0.2, 0.25) is 0 Å². The lowest BCUT2D eigenvalue weighted by Gasteiger charge is -2.22. The minimum absolute atomic E-state index is 0.0258. The van der Waals surface area contributed by atoms with Crippen LogP contribution in [-0.4, -0.2) is 82.8 Å². The smallest absolute Gasteiger partial charge is 0.180 e. The summed E-state index contributed by atoms with van der Waals surface area (Å²) >= 11 is 0. The lowest BCUT2D eigenvalue weighted by molar-refractivity contribution is -0.136. The van der Waals surface area contributed by atoms with Crippen LogP contribution < -0.4 is 0 Å². The van der Waals surface area contributed by atoms with Crippen LogP contribution in [-0.2, 0) is 4.79 Å². The van der Waals surface area contributed by atoms with E-state index in [0.29, 0.717) is 5.65 Å². The number of aliphatic hydroxyl groups excluding tert-OH is 5. The molecule has 4 unspecified atom stereocenters. The van der Waals surface area contributed by atoms with Crippen LogP contribution in [0.15, 0.2) is 18.9 Å². The quantitative estimate of drug-likeness (QED) is 0.314. The fourth-order valence-electron chi connectivity index (χ4n) is 1.31. The zero-order valence-corrected chi connectivity index (χ0v) is 10.8. The Morgan fingerprint density at radius 1 is 1.19 bits per heavy atom. The Bertz CT molecular complexity index is 520. The van der Waals surface area contributed by atoms with Gasteiger partial charge in [-0.25, -0.2) is 15.0 Å². The lowest BCUT2D eigenvalue weighted by atomic mass is 10.0. The molecule has 10 nitrogen and oxygen atoms in total. The molecule has 2 aromatic heterocycles. The fourth-order valence-corrected chi connectivity index (χ4v) is 1.31. The molecule has 0 fully saturated rings. The number of nitrogens with one attached hydrogen (secondary N) is 1. The van der Waals surface area contributed by atoms with Crippen molar-refractivity contribution < 1.29 is 30.3 Å². The van der Waals surface area contributed by atoms with Gasteiger partial charge in [0.15, 0.2) is 11.9 Å². The van der Waals surface area contributed by atoms with E-state index < -0.39 is 31.0 Å². The third kappa shape index (κ3) is 4.81. The molecule has 0 spiro atoms. The van der Waals surface area contributed by atoms with Crippen molar-refractivity contribution in [1.82, 2.24) is 19.9 Å². The standard InChI is InChI=1S/C6H12O6.C5H4N4/c7-1-3(9)5(11)6(12)4(10)2-8;1-4-5(8-2-6-1)9-3-7-4/h1,3-6,8-12H,2H2;1-3H,(H,6,7,8,9). The average molecular weight is 300 g/mol. The summed E-state index contributed by atoms with van der Waals surface area (Å²) in [5.41, 5.74) is 1.59. The Hall–Kier alpha value is -1.98. The van der Waals surface area contributed by atoms with E-state index >= 15 is 0 Å². The first kappa shape index (κ1) is 17.1. The molecule has 0 saturated heterocycles. The summed E-state index contributed by atoms with van der Waals surface area (Å²) in [5.74, 6) is 0. The van der Waals surface area contributed by atoms with E-state index in [1.165, 1.54) is 6.33 Å². The van der Waals surface area contributed by atoms with Crippen LogP contribution in [0.3, 0.4) is 0 Å². The molecule has 0 bridgehead atoms. The van der Waals surface area contributed by atoms with Gasteiger partial charge >= 0.3 is 0 Å². The summed E-state index contributed by atoms with van der Waals surface area (Å²) in [6.45, 7) is -0.760. The van der Waals surface area contributed by atoms with Crippen molar-refractivity contribution in [2.75, 3.05) is 6.61 Å². The molecule has 0 aliphatic carbocycles. The Morgan fingerprint density at radius 2 is 1.90 bits per heavy atom. The van der Waals surface area contributed by atoms with E-state index in [2.05, 4.69) is 19.9 Å². The Kier molecular flexibility index (Phi) is 6.78. The topological polar surface area (TPSA) is 173 Å². The first-order valence-corrected chi connectivity index (χ1v) is 5.88. The summed E-state index contributed by atoms with van der Waals surface area (Å²) in [6.07, 6.45) is -2.08. The number of aromatic amines is 1. The Labute approximate surface area is 118 Å². The molecule has 10 heteroatoms. The Morgan fingerprint density at radius 3 is 2.48 bits per heavy atom. The number of hydrogen-bond acceptors (Lipinski definition) is 9. The van der Waals surface area contributed by atoms with Gasteiger partial charge in [-0.05, 0) is 0 Å². The number of fused-ring (bicyclic) bond motifs is 1. The molecule has 0 aromatic carbocycles. The van der Waals surface area contributed by atoms with Crippen molar-refractivity contribution in [3.8, 4) is 0 Å². The molecule has 6 N–H and O–H groups in total. The molecule has 0 radical (unpaired) electrons. The number of H-pyrrole nitrogens is 1. The van der Waals surface area contributed by atoms with E-state index in [-0.39, 0.29) is 6.29 Å². The summed E-state index contributed by atoms with van der Waals surface area (Å²) < 4.78 is 0. The van der Waals surface area contributed by atoms with Crippen LogP contribution in [0.4, 0.5) is 0 Å². The second-order valence-electron chi connectivity index (χ2n) is 4.02. The van der Waals surface area contributed by atoms with Gasteiger partial charge < -0.3 is 35.3 Å². The summed E-state index contributed by atoms with van der Waals surface area (Å²) in [4.78, 5) is 24.4. The summed E-state index contributed by atoms with van der Waals surface area (Å²) in [6, 6.07) is 0. The van der Waals surface area contributed by atoms with Crippen LogP contribution in [0, 0.1) is 0 Å². The molecule has 4 atom stereocenters. The van der Waals surface area contributed by atoms with Crippen molar-refractivity contribution in [3.05, 3.63) is 18.9 Å². The van der Waals surface area contributed by atoms with E-state index in [9.17, 15) is 4.79 Å². The second kappa shape index (κ2) is 8.34. The largest absolute Gasteiger partial charge is 0.394 e. The van der Waals surface area contributed by atoms with Crippen molar-refractivity contribution in [3.63, 3.8) is 0 Å². The number of nitrogens with zero attached hydrogens (tertiary/aromatic N) is 3. The maximum Gasteiger partial charge on any atom is 0.180 e. The van der Waals surface area contributed by atoms with Crippen molar-refractivity contribution in [2.45, 2.75) is 24.4 Å². The van der Waals surface area contributed by atoms with Gasteiger partial charge in [0.05, 0.1) is 19.1 Å². The van der Waals surface area contributed by atoms with Gasteiger partial charge in [-0.15, -0.1) is 0 Å². The molecular weight excluding hydrogens is 284 g/mol. The molecule has 0 amide bonds. The highest BCUT2D eigenvalue weighted by Gasteiger charge is 2.29. The third-order valence-electron chi connectivity index (χ3n) is 2.52. The molecule has 0 saturated carbocycles. The number of hydrogen-bond donors (Lipinski definition) is 6. The molecule has 2 rings (SSSR count).